The Hall–Kier alpha value is -0.990. The van der Waals surface area contributed by atoms with Gasteiger partial charge in [-0.2, -0.15) is 0 Å². The van der Waals surface area contributed by atoms with Gasteiger partial charge in [0.05, 0.1) is 0 Å². The summed E-state index contributed by atoms with van der Waals surface area (Å²) in [6.07, 6.45) is 17.9. The highest BCUT2D eigenvalue weighted by Crippen LogP contribution is 2.11. The molecule has 0 aromatic carbocycles. The molecule has 0 amide bonds. The van der Waals surface area contributed by atoms with E-state index in [2.05, 4.69) is 21.9 Å². The molecule has 18 heavy (non-hydrogen) atoms. The zero-order chi connectivity index (χ0) is 12.9. The van der Waals surface area contributed by atoms with E-state index < -0.39 is 0 Å². The van der Waals surface area contributed by atoms with Crippen molar-refractivity contribution in [1.29, 1.82) is 0 Å². The van der Waals surface area contributed by atoms with Crippen LogP contribution in [0.5, 0.6) is 0 Å². The van der Waals surface area contributed by atoms with E-state index in [1.807, 2.05) is 0 Å². The second-order valence-corrected chi connectivity index (χ2v) is 4.99. The van der Waals surface area contributed by atoms with Crippen LogP contribution in [0.1, 0.15) is 77.0 Å². The van der Waals surface area contributed by atoms with E-state index in [0.29, 0.717) is 0 Å². The summed E-state index contributed by atoms with van der Waals surface area (Å²) in [5.74, 6) is 0.935. The Labute approximate surface area is 111 Å². The third-order valence-electron chi connectivity index (χ3n) is 3.30. The molecule has 0 bridgehead atoms. The maximum absolute atomic E-state index is 4.13. The number of aryl methyl sites for hydroxylation is 1. The Kier molecular flexibility index (Phi) is 9.31. The molecule has 1 aromatic heterocycles. The molecule has 102 valence electrons. The van der Waals surface area contributed by atoms with Crippen molar-refractivity contribution in [2.24, 2.45) is 0 Å². The Morgan fingerprint density at radius 2 is 1.22 bits per heavy atom. The molecule has 0 aliphatic rings. The average molecular weight is 249 g/mol. The van der Waals surface area contributed by atoms with Gasteiger partial charge in [-0.1, -0.05) is 64.7 Å². The zero-order valence-corrected chi connectivity index (χ0v) is 11.8. The van der Waals surface area contributed by atoms with Gasteiger partial charge in [-0.15, -0.1) is 0 Å². The van der Waals surface area contributed by atoms with E-state index in [-0.39, 0.29) is 0 Å². The quantitative estimate of drug-likeness (QED) is 0.548. The second kappa shape index (κ2) is 11.1. The van der Waals surface area contributed by atoms with Crippen molar-refractivity contribution >= 4 is 0 Å². The normalized spacial score (nSPS) is 10.7. The van der Waals surface area contributed by atoms with Crippen molar-refractivity contribution < 1.29 is 0 Å². The molecule has 1 aromatic rings. The Bertz CT molecular complexity index is 274. The van der Waals surface area contributed by atoms with Gasteiger partial charge in [0.15, 0.2) is 0 Å². The predicted molar refractivity (Wildman–Crippen MR) is 75.4 cm³/mol. The van der Waals surface area contributed by atoms with Crippen molar-refractivity contribution in [2.75, 3.05) is 0 Å². The minimum absolute atomic E-state index is 0.935. The van der Waals surface area contributed by atoms with Gasteiger partial charge in [0.1, 0.15) is 18.5 Å². The van der Waals surface area contributed by atoms with Crippen LogP contribution in [-0.4, -0.2) is 15.0 Å². The largest absolute Gasteiger partial charge is 0.225 e. The lowest BCUT2D eigenvalue weighted by molar-refractivity contribution is 0.554. The molecule has 3 heteroatoms. The summed E-state index contributed by atoms with van der Waals surface area (Å²) in [7, 11) is 0. The highest BCUT2D eigenvalue weighted by Gasteiger charge is 1.96. The molecule has 0 fully saturated rings. The molecular formula is C15H27N3. The van der Waals surface area contributed by atoms with Gasteiger partial charge < -0.3 is 0 Å². The van der Waals surface area contributed by atoms with E-state index in [1.165, 1.54) is 64.2 Å². The van der Waals surface area contributed by atoms with Gasteiger partial charge in [-0.05, 0) is 6.42 Å². The number of hydrogen-bond acceptors (Lipinski definition) is 3. The minimum Gasteiger partial charge on any atom is -0.225 e. The van der Waals surface area contributed by atoms with Crippen molar-refractivity contribution in [3.05, 3.63) is 18.5 Å². The van der Waals surface area contributed by atoms with Crippen molar-refractivity contribution in [3.8, 4) is 0 Å². The molecule has 0 N–H and O–H groups in total. The fraction of sp³-hybridized carbons (Fsp3) is 0.800. The lowest BCUT2D eigenvalue weighted by Gasteiger charge is -2.02. The summed E-state index contributed by atoms with van der Waals surface area (Å²) in [6, 6.07) is 0. The van der Waals surface area contributed by atoms with Crippen LogP contribution in [0, 0.1) is 0 Å². The lowest BCUT2D eigenvalue weighted by atomic mass is 10.1. The summed E-state index contributed by atoms with van der Waals surface area (Å²) >= 11 is 0. The zero-order valence-electron chi connectivity index (χ0n) is 11.8. The summed E-state index contributed by atoms with van der Waals surface area (Å²) in [5, 5.41) is 0. The summed E-state index contributed by atoms with van der Waals surface area (Å²) in [5.41, 5.74) is 0. The van der Waals surface area contributed by atoms with Gasteiger partial charge in [0, 0.05) is 6.42 Å². The number of rotatable bonds is 11. The molecule has 0 saturated carbocycles. The van der Waals surface area contributed by atoms with Crippen LogP contribution in [0.2, 0.25) is 0 Å². The first-order valence-corrected chi connectivity index (χ1v) is 7.54. The Morgan fingerprint density at radius 3 is 1.78 bits per heavy atom. The topological polar surface area (TPSA) is 38.7 Å². The second-order valence-electron chi connectivity index (χ2n) is 4.99. The van der Waals surface area contributed by atoms with Crippen LogP contribution >= 0.6 is 0 Å². The van der Waals surface area contributed by atoms with Gasteiger partial charge in [0.25, 0.3) is 0 Å². The fourth-order valence-corrected chi connectivity index (χ4v) is 2.16. The van der Waals surface area contributed by atoms with Crippen LogP contribution < -0.4 is 0 Å². The SMILES string of the molecule is CCCCCCCCCCCCc1ncncn1. The first kappa shape index (κ1) is 15.1. The molecule has 0 spiro atoms. The minimum atomic E-state index is 0.935. The van der Waals surface area contributed by atoms with E-state index in [0.717, 1.165) is 12.2 Å². The monoisotopic (exact) mass is 249 g/mol. The van der Waals surface area contributed by atoms with Crippen LogP contribution in [-0.2, 0) is 6.42 Å². The summed E-state index contributed by atoms with van der Waals surface area (Å²) < 4.78 is 0. The number of aromatic nitrogens is 3. The highest BCUT2D eigenvalue weighted by molar-refractivity contribution is 4.80. The molecule has 0 saturated heterocycles. The van der Waals surface area contributed by atoms with Crippen molar-refractivity contribution in [2.45, 2.75) is 77.6 Å². The van der Waals surface area contributed by atoms with Gasteiger partial charge >= 0.3 is 0 Å². The third kappa shape index (κ3) is 8.15. The molecular weight excluding hydrogens is 222 g/mol. The first-order valence-electron chi connectivity index (χ1n) is 7.54. The molecule has 0 radical (unpaired) electrons. The first-order chi connectivity index (χ1) is 8.93. The van der Waals surface area contributed by atoms with Crippen molar-refractivity contribution in [3.63, 3.8) is 0 Å². The van der Waals surface area contributed by atoms with Gasteiger partial charge in [0.2, 0.25) is 0 Å². The smallest absolute Gasteiger partial charge is 0.131 e. The average Bonchev–Trinajstić information content (AvgIpc) is 2.42. The van der Waals surface area contributed by atoms with E-state index in [4.69, 9.17) is 0 Å². The lowest BCUT2D eigenvalue weighted by Crippen LogP contribution is -1.94. The molecule has 0 aliphatic carbocycles. The molecule has 0 atom stereocenters. The van der Waals surface area contributed by atoms with E-state index in [9.17, 15) is 0 Å². The standard InChI is InChI=1S/C15H27N3/c1-2-3-4-5-6-7-8-9-10-11-12-15-17-13-16-14-18-15/h13-14H,2-12H2,1H3. The molecule has 0 aliphatic heterocycles. The van der Waals surface area contributed by atoms with E-state index >= 15 is 0 Å². The molecule has 1 rings (SSSR count). The van der Waals surface area contributed by atoms with Gasteiger partial charge in [-0.25, -0.2) is 15.0 Å². The van der Waals surface area contributed by atoms with Crippen LogP contribution in [0.15, 0.2) is 12.7 Å². The van der Waals surface area contributed by atoms with Crippen molar-refractivity contribution in [1.82, 2.24) is 15.0 Å². The Morgan fingerprint density at radius 1 is 0.722 bits per heavy atom. The van der Waals surface area contributed by atoms with Crippen LogP contribution in [0.3, 0.4) is 0 Å². The van der Waals surface area contributed by atoms with E-state index in [1.54, 1.807) is 12.7 Å². The number of hydrogen-bond donors (Lipinski definition) is 0. The molecule has 3 nitrogen and oxygen atoms in total. The summed E-state index contributed by atoms with van der Waals surface area (Å²) in [6.45, 7) is 2.27. The maximum Gasteiger partial charge on any atom is 0.131 e. The van der Waals surface area contributed by atoms with Crippen LogP contribution in [0.25, 0.3) is 0 Å². The maximum atomic E-state index is 4.13. The molecule has 1 heterocycles. The fourth-order valence-electron chi connectivity index (χ4n) is 2.16. The Balaban J connectivity index is 1.82. The van der Waals surface area contributed by atoms with Gasteiger partial charge in [-0.3, -0.25) is 0 Å². The van der Waals surface area contributed by atoms with Crippen LogP contribution in [0.4, 0.5) is 0 Å². The number of nitrogens with zero attached hydrogens (tertiary/aromatic N) is 3. The predicted octanol–water partition coefficient (Wildman–Crippen LogP) is 4.34. The highest BCUT2D eigenvalue weighted by atomic mass is 15.0. The summed E-state index contributed by atoms with van der Waals surface area (Å²) in [4.78, 5) is 12.1. The molecule has 0 unspecified atom stereocenters. The number of unbranched alkanes of at least 4 members (excludes halogenated alkanes) is 9. The third-order valence-corrected chi connectivity index (χ3v) is 3.30.